The Bertz CT molecular complexity index is 1440. The molecule has 2 N–H and O–H groups in total. The fourth-order valence-electron chi connectivity index (χ4n) is 5.50. The molecule has 1 fully saturated rings. The fourth-order valence-corrected chi connectivity index (χ4v) is 5.50. The summed E-state index contributed by atoms with van der Waals surface area (Å²) in [7, 11) is 0. The molecule has 2 aromatic carbocycles. The van der Waals surface area contributed by atoms with Gasteiger partial charge in [0.2, 0.25) is 11.6 Å². The van der Waals surface area contributed by atoms with Gasteiger partial charge in [0.05, 0.1) is 6.54 Å². The maximum atomic E-state index is 14.7. The lowest BCUT2D eigenvalue weighted by Crippen LogP contribution is -2.70. The van der Waals surface area contributed by atoms with Gasteiger partial charge in [-0.2, -0.15) is 14.4 Å². The Morgan fingerprint density at radius 2 is 1.63 bits per heavy atom. The van der Waals surface area contributed by atoms with Crippen LogP contribution in [0.15, 0.2) is 65.2 Å². The number of hydrogen-bond donors (Lipinski definition) is 1. The minimum absolute atomic E-state index is 0.116. The maximum absolute atomic E-state index is 14.7. The van der Waals surface area contributed by atoms with Crippen molar-refractivity contribution in [3.8, 4) is 11.5 Å². The van der Waals surface area contributed by atoms with E-state index in [1.165, 1.54) is 0 Å². The number of imide groups is 2. The molecule has 0 bridgehead atoms. The van der Waals surface area contributed by atoms with Gasteiger partial charge in [-0.3, -0.25) is 4.79 Å². The Labute approximate surface area is 251 Å². The van der Waals surface area contributed by atoms with Crippen LogP contribution in [0.5, 0.6) is 0 Å². The number of likely N-dealkylation sites (tertiary alicyclic amines) is 1. The SMILES string of the molecule is CC(C)C(C(=O)c1noc(-c2ccccc2)n1)N(C(=O)OCc1ccccc1)C(=O)[N+]1(C(=O)[C@@H](N)C(C)C)CCC[C@H]1C. The van der Waals surface area contributed by atoms with Gasteiger partial charge in [0.25, 0.3) is 5.89 Å². The fraction of sp³-hybridized carbons (Fsp3) is 0.438. The van der Waals surface area contributed by atoms with Crippen molar-refractivity contribution in [2.45, 2.75) is 72.2 Å². The van der Waals surface area contributed by atoms with Crippen LogP contribution in [-0.2, 0) is 16.1 Å². The third-order valence-electron chi connectivity index (χ3n) is 8.08. The van der Waals surface area contributed by atoms with Gasteiger partial charge < -0.3 is 15.0 Å². The summed E-state index contributed by atoms with van der Waals surface area (Å²) in [5.74, 6) is -2.22. The van der Waals surface area contributed by atoms with Crippen LogP contribution in [0.4, 0.5) is 9.59 Å². The number of ether oxygens (including phenoxy) is 1. The zero-order valence-electron chi connectivity index (χ0n) is 25.3. The highest BCUT2D eigenvalue weighted by atomic mass is 16.6. The Kier molecular flexibility index (Phi) is 9.87. The Morgan fingerprint density at radius 3 is 2.19 bits per heavy atom. The zero-order chi connectivity index (χ0) is 31.3. The van der Waals surface area contributed by atoms with E-state index in [4.69, 9.17) is 15.0 Å². The molecule has 43 heavy (non-hydrogen) atoms. The van der Waals surface area contributed by atoms with E-state index in [0.717, 1.165) is 4.90 Å². The average molecular weight is 591 g/mol. The van der Waals surface area contributed by atoms with Gasteiger partial charge in [0.15, 0.2) is 0 Å². The number of urea groups is 1. The largest absolute Gasteiger partial charge is 0.444 e. The summed E-state index contributed by atoms with van der Waals surface area (Å²) in [6.45, 7) is 8.81. The molecule has 11 nitrogen and oxygen atoms in total. The molecule has 1 saturated heterocycles. The molecular weight excluding hydrogens is 550 g/mol. The monoisotopic (exact) mass is 590 g/mol. The summed E-state index contributed by atoms with van der Waals surface area (Å²) in [4.78, 5) is 61.7. The molecule has 0 spiro atoms. The number of rotatable bonds is 9. The lowest BCUT2D eigenvalue weighted by Gasteiger charge is -2.40. The first-order chi connectivity index (χ1) is 20.5. The Balaban J connectivity index is 1.78. The molecule has 2 heterocycles. The van der Waals surface area contributed by atoms with Crippen molar-refractivity contribution in [3.63, 3.8) is 0 Å². The van der Waals surface area contributed by atoms with Crippen LogP contribution in [0.2, 0.25) is 0 Å². The van der Waals surface area contributed by atoms with Crippen molar-refractivity contribution in [2.24, 2.45) is 17.6 Å². The van der Waals surface area contributed by atoms with Crippen LogP contribution < -0.4 is 5.73 Å². The first-order valence-electron chi connectivity index (χ1n) is 14.6. The van der Waals surface area contributed by atoms with Crippen molar-refractivity contribution in [1.82, 2.24) is 15.0 Å². The van der Waals surface area contributed by atoms with Crippen LogP contribution in [0, 0.1) is 11.8 Å². The third kappa shape index (κ3) is 6.42. The second kappa shape index (κ2) is 13.4. The molecule has 0 radical (unpaired) electrons. The number of aromatic nitrogens is 2. The highest BCUT2D eigenvalue weighted by molar-refractivity contribution is 6.04. The van der Waals surface area contributed by atoms with Crippen LogP contribution in [-0.4, -0.2) is 68.0 Å². The minimum Gasteiger partial charge on any atom is -0.444 e. The molecule has 1 aliphatic rings. The summed E-state index contributed by atoms with van der Waals surface area (Å²) in [6.07, 6.45) is 0.0955. The van der Waals surface area contributed by atoms with Gasteiger partial charge in [-0.25, -0.2) is 14.4 Å². The summed E-state index contributed by atoms with van der Waals surface area (Å²) >= 11 is 0. The van der Waals surface area contributed by atoms with E-state index in [1.807, 2.05) is 12.1 Å². The van der Waals surface area contributed by atoms with Gasteiger partial charge in [-0.15, -0.1) is 0 Å². The number of carbonyl (C=O) groups excluding carboxylic acids is 4. The number of benzene rings is 2. The van der Waals surface area contributed by atoms with E-state index in [9.17, 15) is 19.2 Å². The number of hydrogen-bond acceptors (Lipinski definition) is 9. The van der Waals surface area contributed by atoms with E-state index < -0.39 is 52.3 Å². The second-order valence-electron chi connectivity index (χ2n) is 11.7. The zero-order valence-corrected chi connectivity index (χ0v) is 25.3. The molecule has 228 valence electrons. The van der Waals surface area contributed by atoms with Gasteiger partial charge in [-0.1, -0.05) is 81.4 Å². The van der Waals surface area contributed by atoms with Gasteiger partial charge in [0.1, 0.15) is 24.7 Å². The standard InChI is InChI=1S/C32H40N5O6/c1-20(2)25(33)30(39)37(18-12-13-22(37)5)31(40)36(32(41)42-19-23-14-8-6-9-15-23)26(21(3)4)27(38)28-34-29(43-35-28)24-16-10-7-11-17-24/h6-11,14-17,20-22,25-26H,12-13,18-19,33H2,1-5H3/q+1/t22-,25+,26?,37?/m1/s1. The third-order valence-corrected chi connectivity index (χ3v) is 8.08. The van der Waals surface area contributed by atoms with Crippen molar-refractivity contribution >= 4 is 23.8 Å². The number of amides is 4. The minimum atomic E-state index is -1.39. The van der Waals surface area contributed by atoms with Crippen LogP contribution >= 0.6 is 0 Å². The molecule has 1 aliphatic heterocycles. The van der Waals surface area contributed by atoms with Gasteiger partial charge in [-0.05, 0) is 36.5 Å². The first kappa shape index (κ1) is 31.7. The highest BCUT2D eigenvalue weighted by Crippen LogP contribution is 2.34. The van der Waals surface area contributed by atoms with E-state index in [2.05, 4.69) is 10.1 Å². The Morgan fingerprint density at radius 1 is 1.00 bits per heavy atom. The predicted molar refractivity (Wildman–Crippen MR) is 158 cm³/mol. The van der Waals surface area contributed by atoms with Gasteiger partial charge in [0, 0.05) is 18.4 Å². The lowest BCUT2D eigenvalue weighted by atomic mass is 9.97. The van der Waals surface area contributed by atoms with E-state index in [1.54, 1.807) is 83.1 Å². The predicted octanol–water partition coefficient (Wildman–Crippen LogP) is 5.21. The molecule has 11 heteroatoms. The normalized spacial score (nSPS) is 19.7. The van der Waals surface area contributed by atoms with Crippen LogP contribution in [0.1, 0.15) is 63.6 Å². The summed E-state index contributed by atoms with van der Waals surface area (Å²) in [5, 5.41) is 3.89. The molecule has 4 amide bonds. The molecule has 2 unspecified atom stereocenters. The molecule has 4 atom stereocenters. The van der Waals surface area contributed by atoms with Crippen LogP contribution in [0.3, 0.4) is 0 Å². The van der Waals surface area contributed by atoms with E-state index in [-0.39, 0.29) is 30.8 Å². The summed E-state index contributed by atoms with van der Waals surface area (Å²) < 4.78 is 10.3. The number of Topliss-reactive ketones (excluding diaryl/α,β-unsaturated/α-hetero) is 1. The molecule has 3 aromatic rings. The Hall–Kier alpha value is -4.22. The number of ketones is 1. The number of nitrogens with two attached hydrogens (primary N) is 1. The van der Waals surface area contributed by atoms with Gasteiger partial charge >= 0.3 is 18.0 Å². The number of nitrogens with zero attached hydrogens (tertiary/aromatic N) is 4. The quantitative estimate of drug-likeness (QED) is 0.262. The smallest absolute Gasteiger partial charge is 0.437 e. The number of carbonyl (C=O) groups is 4. The first-order valence-corrected chi connectivity index (χ1v) is 14.6. The van der Waals surface area contributed by atoms with Crippen molar-refractivity contribution in [3.05, 3.63) is 72.1 Å². The van der Waals surface area contributed by atoms with E-state index >= 15 is 0 Å². The van der Waals surface area contributed by atoms with Crippen molar-refractivity contribution < 1.29 is 32.9 Å². The van der Waals surface area contributed by atoms with Crippen molar-refractivity contribution in [1.29, 1.82) is 0 Å². The summed E-state index contributed by atoms with van der Waals surface area (Å²) in [6, 6.07) is 14.2. The molecule has 0 saturated carbocycles. The van der Waals surface area contributed by atoms with Crippen molar-refractivity contribution in [2.75, 3.05) is 6.54 Å². The topological polar surface area (TPSA) is 146 Å². The second-order valence-corrected chi connectivity index (χ2v) is 11.7. The highest BCUT2D eigenvalue weighted by Gasteiger charge is 2.59. The number of quaternary nitrogens is 1. The molecular formula is C32H40N5O6+. The maximum Gasteiger partial charge on any atom is 0.437 e. The summed E-state index contributed by atoms with van der Waals surface area (Å²) in [5.41, 5.74) is 7.63. The van der Waals surface area contributed by atoms with Crippen LogP contribution in [0.25, 0.3) is 11.5 Å². The molecule has 0 aliphatic carbocycles. The van der Waals surface area contributed by atoms with E-state index in [0.29, 0.717) is 24.0 Å². The molecule has 1 aromatic heterocycles. The molecule has 4 rings (SSSR count). The lowest BCUT2D eigenvalue weighted by molar-refractivity contribution is -0.788. The average Bonchev–Trinajstić information content (AvgIpc) is 3.66.